The molecule has 2 aromatic carbocycles. The summed E-state index contributed by atoms with van der Waals surface area (Å²) in [5.41, 5.74) is 1.88. The van der Waals surface area contributed by atoms with Crippen LogP contribution in [0, 0.1) is 5.82 Å². The molecular formula is C19H16FN5O4. The first-order valence-electron chi connectivity index (χ1n) is 8.66. The number of nitrogens with zero attached hydrogens (tertiary/aromatic N) is 2. The van der Waals surface area contributed by atoms with E-state index in [1.54, 1.807) is 18.2 Å². The van der Waals surface area contributed by atoms with Gasteiger partial charge in [0.25, 0.3) is 5.56 Å². The summed E-state index contributed by atoms with van der Waals surface area (Å²) < 4.78 is 23.5. The number of aromatic nitrogens is 4. The van der Waals surface area contributed by atoms with Crippen molar-refractivity contribution in [3.05, 3.63) is 52.6 Å². The molecule has 0 fully saturated rings. The fourth-order valence-corrected chi connectivity index (χ4v) is 2.92. The smallest absolute Gasteiger partial charge is 0.414 e. The van der Waals surface area contributed by atoms with Crippen LogP contribution in [0.5, 0.6) is 0 Å². The van der Waals surface area contributed by atoms with Crippen molar-refractivity contribution in [1.82, 2.24) is 20.2 Å². The Morgan fingerprint density at radius 3 is 2.86 bits per heavy atom. The summed E-state index contributed by atoms with van der Waals surface area (Å²) >= 11 is 0. The highest BCUT2D eigenvalue weighted by molar-refractivity contribution is 5.96. The largest absolute Gasteiger partial charge is 0.447 e. The molecule has 0 aliphatic rings. The number of carbonyl (C=O) groups is 1. The lowest BCUT2D eigenvalue weighted by atomic mass is 10.0. The minimum atomic E-state index is -0.662. The van der Waals surface area contributed by atoms with Gasteiger partial charge in [0.05, 0.1) is 28.7 Å². The van der Waals surface area contributed by atoms with Crippen molar-refractivity contribution in [1.29, 1.82) is 0 Å². The monoisotopic (exact) mass is 397 g/mol. The van der Waals surface area contributed by atoms with E-state index in [4.69, 9.17) is 9.47 Å². The lowest BCUT2D eigenvalue weighted by Crippen LogP contribution is -2.17. The SMILES string of the molecule is COCCOC(=O)Nc1nc2ccc(-c3n[nH]c(=O)c4ccc(F)cc34)cc2[nH]1. The van der Waals surface area contributed by atoms with Gasteiger partial charge >= 0.3 is 6.09 Å². The van der Waals surface area contributed by atoms with Crippen molar-refractivity contribution >= 4 is 33.8 Å². The minimum Gasteiger partial charge on any atom is -0.447 e. The van der Waals surface area contributed by atoms with Crippen LogP contribution in [0.4, 0.5) is 15.1 Å². The van der Waals surface area contributed by atoms with Crippen molar-refractivity contribution in [2.24, 2.45) is 0 Å². The van der Waals surface area contributed by atoms with Crippen LogP contribution >= 0.6 is 0 Å². The Kier molecular flexibility index (Phi) is 4.92. The molecule has 10 heteroatoms. The zero-order valence-electron chi connectivity index (χ0n) is 15.3. The van der Waals surface area contributed by atoms with E-state index >= 15 is 0 Å². The fourth-order valence-electron chi connectivity index (χ4n) is 2.92. The maximum atomic E-state index is 13.7. The van der Waals surface area contributed by atoms with E-state index in [9.17, 15) is 14.0 Å². The topological polar surface area (TPSA) is 122 Å². The second-order valence-corrected chi connectivity index (χ2v) is 6.16. The van der Waals surface area contributed by atoms with Crippen LogP contribution in [-0.2, 0) is 9.47 Å². The van der Waals surface area contributed by atoms with E-state index < -0.39 is 17.5 Å². The molecule has 4 rings (SSSR count). The number of hydrogen-bond acceptors (Lipinski definition) is 6. The molecule has 148 valence electrons. The highest BCUT2D eigenvalue weighted by Crippen LogP contribution is 2.27. The molecule has 2 aromatic heterocycles. The van der Waals surface area contributed by atoms with Gasteiger partial charge in [-0.2, -0.15) is 5.10 Å². The Morgan fingerprint density at radius 1 is 1.17 bits per heavy atom. The van der Waals surface area contributed by atoms with Gasteiger partial charge in [-0.3, -0.25) is 10.1 Å². The van der Waals surface area contributed by atoms with Gasteiger partial charge in [-0.05, 0) is 30.3 Å². The number of halogens is 1. The number of ether oxygens (including phenoxy) is 2. The molecular weight excluding hydrogens is 381 g/mol. The third-order valence-electron chi connectivity index (χ3n) is 4.25. The molecule has 29 heavy (non-hydrogen) atoms. The summed E-state index contributed by atoms with van der Waals surface area (Å²) in [4.78, 5) is 30.9. The number of nitrogens with one attached hydrogen (secondary N) is 3. The average molecular weight is 397 g/mol. The first-order valence-corrected chi connectivity index (χ1v) is 8.66. The molecule has 0 atom stereocenters. The summed E-state index contributed by atoms with van der Waals surface area (Å²) in [7, 11) is 1.51. The Hall–Kier alpha value is -3.79. The number of fused-ring (bicyclic) bond motifs is 2. The van der Waals surface area contributed by atoms with Crippen molar-refractivity contribution in [2.75, 3.05) is 25.6 Å². The van der Waals surface area contributed by atoms with Gasteiger partial charge in [-0.15, -0.1) is 0 Å². The Bertz CT molecular complexity index is 1270. The van der Waals surface area contributed by atoms with E-state index in [2.05, 4.69) is 25.5 Å². The first-order chi connectivity index (χ1) is 14.0. The van der Waals surface area contributed by atoms with Crippen LogP contribution < -0.4 is 10.9 Å². The average Bonchev–Trinajstić information content (AvgIpc) is 3.09. The predicted octanol–water partition coefficient (Wildman–Crippen LogP) is 2.80. The highest BCUT2D eigenvalue weighted by atomic mass is 19.1. The molecule has 0 saturated carbocycles. The third kappa shape index (κ3) is 3.78. The second-order valence-electron chi connectivity index (χ2n) is 6.16. The van der Waals surface area contributed by atoms with E-state index in [-0.39, 0.29) is 19.2 Å². The van der Waals surface area contributed by atoms with Crippen LogP contribution in [0.25, 0.3) is 33.1 Å². The summed E-state index contributed by atoms with van der Waals surface area (Å²) in [6, 6.07) is 9.13. The number of rotatable bonds is 5. The Balaban J connectivity index is 1.67. The molecule has 4 aromatic rings. The second kappa shape index (κ2) is 7.68. The number of benzene rings is 2. The van der Waals surface area contributed by atoms with Gasteiger partial charge in [0.1, 0.15) is 12.4 Å². The molecule has 0 spiro atoms. The Labute approximate surface area is 162 Å². The zero-order valence-corrected chi connectivity index (χ0v) is 15.3. The minimum absolute atomic E-state index is 0.119. The molecule has 0 radical (unpaired) electrons. The standard InChI is InChI=1S/C19H16FN5O4/c1-28-6-7-29-19(27)23-18-21-14-5-2-10(8-15(14)22-18)16-13-9-11(20)3-4-12(13)17(26)25-24-16/h2-5,8-9H,6-7H2,1H3,(H,25,26)(H2,21,22,23,27). The molecule has 0 saturated heterocycles. The number of anilines is 1. The van der Waals surface area contributed by atoms with E-state index in [1.807, 2.05) is 0 Å². The normalized spacial score (nSPS) is 11.1. The molecule has 3 N–H and O–H groups in total. The van der Waals surface area contributed by atoms with Crippen molar-refractivity contribution < 1.29 is 18.7 Å². The van der Waals surface area contributed by atoms with Crippen LogP contribution in [-0.4, -0.2) is 46.6 Å². The number of carbonyl (C=O) groups excluding carboxylic acids is 1. The number of amides is 1. The van der Waals surface area contributed by atoms with Crippen molar-refractivity contribution in [3.63, 3.8) is 0 Å². The van der Waals surface area contributed by atoms with Crippen LogP contribution in [0.15, 0.2) is 41.2 Å². The summed E-state index contributed by atoms with van der Waals surface area (Å²) in [6.45, 7) is 0.409. The maximum absolute atomic E-state index is 13.7. The zero-order chi connectivity index (χ0) is 20.4. The molecule has 0 aliphatic carbocycles. The predicted molar refractivity (Wildman–Crippen MR) is 104 cm³/mol. The number of methoxy groups -OCH3 is 1. The summed E-state index contributed by atoms with van der Waals surface area (Å²) in [6.07, 6.45) is -0.662. The third-order valence-corrected chi connectivity index (χ3v) is 4.25. The van der Waals surface area contributed by atoms with E-state index in [0.717, 1.165) is 0 Å². The van der Waals surface area contributed by atoms with Gasteiger partial charge in [0.15, 0.2) is 0 Å². The van der Waals surface area contributed by atoms with Gasteiger partial charge in [-0.25, -0.2) is 19.3 Å². The van der Waals surface area contributed by atoms with Crippen molar-refractivity contribution in [2.45, 2.75) is 0 Å². The quantitative estimate of drug-likeness (QED) is 0.445. The molecule has 9 nitrogen and oxygen atoms in total. The lowest BCUT2D eigenvalue weighted by Gasteiger charge is -2.05. The van der Waals surface area contributed by atoms with E-state index in [1.165, 1.54) is 25.3 Å². The molecule has 0 bridgehead atoms. The summed E-state index contributed by atoms with van der Waals surface area (Å²) in [5.74, 6) is -0.253. The first kappa shape index (κ1) is 18.6. The van der Waals surface area contributed by atoms with Gasteiger partial charge < -0.3 is 14.5 Å². The molecule has 0 unspecified atom stereocenters. The van der Waals surface area contributed by atoms with Crippen LogP contribution in [0.1, 0.15) is 0 Å². The Morgan fingerprint density at radius 2 is 2.03 bits per heavy atom. The van der Waals surface area contributed by atoms with Crippen LogP contribution in [0.2, 0.25) is 0 Å². The number of H-pyrrole nitrogens is 2. The van der Waals surface area contributed by atoms with Gasteiger partial charge in [0, 0.05) is 18.1 Å². The number of hydrogen-bond donors (Lipinski definition) is 3. The molecule has 2 heterocycles. The van der Waals surface area contributed by atoms with Gasteiger partial charge in [-0.1, -0.05) is 6.07 Å². The highest BCUT2D eigenvalue weighted by Gasteiger charge is 2.13. The molecule has 1 amide bonds. The maximum Gasteiger partial charge on any atom is 0.414 e. The lowest BCUT2D eigenvalue weighted by molar-refractivity contribution is 0.107. The number of imidazole rings is 1. The summed E-state index contributed by atoms with van der Waals surface area (Å²) in [5, 5.41) is 9.74. The fraction of sp³-hybridized carbons (Fsp3) is 0.158. The van der Waals surface area contributed by atoms with Crippen LogP contribution in [0.3, 0.4) is 0 Å². The van der Waals surface area contributed by atoms with Gasteiger partial charge in [0.2, 0.25) is 5.95 Å². The van der Waals surface area contributed by atoms with E-state index in [0.29, 0.717) is 33.1 Å². The number of aromatic amines is 2. The van der Waals surface area contributed by atoms with Crippen molar-refractivity contribution in [3.8, 4) is 11.3 Å². The molecule has 0 aliphatic heterocycles.